The summed E-state index contributed by atoms with van der Waals surface area (Å²) in [5.41, 5.74) is 5.52. The van der Waals surface area contributed by atoms with Gasteiger partial charge in [0.15, 0.2) is 0 Å². The molecule has 1 aromatic carbocycles. The number of nitrogens with two attached hydrogens (primary N) is 1. The van der Waals surface area contributed by atoms with Crippen LogP contribution in [0.3, 0.4) is 0 Å². The van der Waals surface area contributed by atoms with E-state index in [1.807, 2.05) is 24.3 Å². The summed E-state index contributed by atoms with van der Waals surface area (Å²) in [6.45, 7) is 6.70. The normalized spacial score (nSPS) is 14.3. The predicted molar refractivity (Wildman–Crippen MR) is 72.4 cm³/mol. The first kappa shape index (κ1) is 14.5. The van der Waals surface area contributed by atoms with Crippen molar-refractivity contribution >= 4 is 5.91 Å². The number of primary amides is 1. The van der Waals surface area contributed by atoms with Crippen LogP contribution in [0.4, 0.5) is 0 Å². The lowest BCUT2D eigenvalue weighted by molar-refractivity contribution is -0.124. The van der Waals surface area contributed by atoms with Gasteiger partial charge in [-0.05, 0) is 37.1 Å². The molecule has 0 bridgehead atoms. The molecule has 0 fully saturated rings. The number of amides is 1. The van der Waals surface area contributed by atoms with Crippen LogP contribution in [0.5, 0.6) is 5.75 Å². The molecule has 4 heteroatoms. The number of hydrogen-bond donors (Lipinski definition) is 2. The topological polar surface area (TPSA) is 64.3 Å². The second-order valence-corrected chi connectivity index (χ2v) is 4.99. The molecule has 0 aromatic heterocycles. The minimum Gasteiger partial charge on any atom is -0.497 e. The van der Waals surface area contributed by atoms with E-state index in [1.54, 1.807) is 14.0 Å². The van der Waals surface area contributed by atoms with E-state index in [4.69, 9.17) is 10.5 Å². The molecule has 0 radical (unpaired) electrons. The van der Waals surface area contributed by atoms with Crippen molar-refractivity contribution in [1.29, 1.82) is 0 Å². The molecule has 1 rings (SSSR count). The van der Waals surface area contributed by atoms with Gasteiger partial charge in [0.1, 0.15) is 11.3 Å². The Bertz CT molecular complexity index is 401. The number of nitrogens with one attached hydrogen (secondary N) is 1. The minimum atomic E-state index is -0.851. The molecule has 0 aliphatic heterocycles. The van der Waals surface area contributed by atoms with Gasteiger partial charge in [0.25, 0.3) is 0 Å². The standard InChI is InChI=1S/C14H22N2O2/c1-10(2)9-16-14(3,13(15)17)11-5-7-12(18-4)8-6-11/h5-8,10,16H,9H2,1-4H3,(H2,15,17). The van der Waals surface area contributed by atoms with E-state index in [0.717, 1.165) is 17.9 Å². The minimum absolute atomic E-state index is 0.381. The Balaban J connectivity index is 2.98. The summed E-state index contributed by atoms with van der Waals surface area (Å²) < 4.78 is 5.10. The molecule has 0 saturated heterocycles. The van der Waals surface area contributed by atoms with Crippen LogP contribution in [0, 0.1) is 5.92 Å². The van der Waals surface area contributed by atoms with Gasteiger partial charge in [-0.3, -0.25) is 10.1 Å². The van der Waals surface area contributed by atoms with E-state index >= 15 is 0 Å². The third kappa shape index (κ3) is 3.23. The molecule has 1 amide bonds. The SMILES string of the molecule is COc1ccc(C(C)(NCC(C)C)C(N)=O)cc1. The van der Waals surface area contributed by atoms with Gasteiger partial charge < -0.3 is 10.5 Å². The van der Waals surface area contributed by atoms with Crippen LogP contribution < -0.4 is 15.8 Å². The Morgan fingerprint density at radius 3 is 2.33 bits per heavy atom. The van der Waals surface area contributed by atoms with E-state index in [1.165, 1.54) is 0 Å². The van der Waals surface area contributed by atoms with Crippen molar-refractivity contribution in [2.75, 3.05) is 13.7 Å². The van der Waals surface area contributed by atoms with Crippen molar-refractivity contribution in [2.24, 2.45) is 11.7 Å². The maximum Gasteiger partial charge on any atom is 0.242 e. The van der Waals surface area contributed by atoms with Crippen LogP contribution in [0.15, 0.2) is 24.3 Å². The van der Waals surface area contributed by atoms with Crippen molar-refractivity contribution in [3.8, 4) is 5.75 Å². The number of carbonyl (C=O) groups is 1. The van der Waals surface area contributed by atoms with Crippen LogP contribution in [-0.4, -0.2) is 19.6 Å². The van der Waals surface area contributed by atoms with Crippen LogP contribution in [0.2, 0.25) is 0 Å². The molecule has 0 heterocycles. The summed E-state index contributed by atoms with van der Waals surface area (Å²) in [6.07, 6.45) is 0. The summed E-state index contributed by atoms with van der Waals surface area (Å²) in [5.74, 6) is 0.824. The lowest BCUT2D eigenvalue weighted by Crippen LogP contribution is -2.51. The highest BCUT2D eigenvalue weighted by atomic mass is 16.5. The first-order chi connectivity index (χ1) is 8.40. The molecular formula is C14H22N2O2. The van der Waals surface area contributed by atoms with Crippen LogP contribution >= 0.6 is 0 Å². The lowest BCUT2D eigenvalue weighted by Gasteiger charge is -2.29. The molecule has 1 unspecified atom stereocenters. The van der Waals surface area contributed by atoms with Crippen molar-refractivity contribution < 1.29 is 9.53 Å². The van der Waals surface area contributed by atoms with E-state index < -0.39 is 5.54 Å². The van der Waals surface area contributed by atoms with Gasteiger partial charge in [-0.1, -0.05) is 26.0 Å². The maximum absolute atomic E-state index is 11.7. The van der Waals surface area contributed by atoms with Crippen molar-refractivity contribution in [3.63, 3.8) is 0 Å². The largest absolute Gasteiger partial charge is 0.497 e. The number of methoxy groups -OCH3 is 1. The Morgan fingerprint density at radius 1 is 1.39 bits per heavy atom. The summed E-state index contributed by atoms with van der Waals surface area (Å²) in [7, 11) is 1.61. The second kappa shape index (κ2) is 5.87. The molecule has 1 aromatic rings. The predicted octanol–water partition coefficient (Wildman–Crippen LogP) is 1.64. The Labute approximate surface area is 109 Å². The average molecular weight is 250 g/mol. The summed E-state index contributed by atoms with van der Waals surface area (Å²) in [6, 6.07) is 7.37. The van der Waals surface area contributed by atoms with Gasteiger partial charge >= 0.3 is 0 Å². The Morgan fingerprint density at radius 2 is 1.94 bits per heavy atom. The number of benzene rings is 1. The molecule has 3 N–H and O–H groups in total. The van der Waals surface area contributed by atoms with Gasteiger partial charge in [0.2, 0.25) is 5.91 Å². The van der Waals surface area contributed by atoms with Crippen LogP contribution in [0.1, 0.15) is 26.3 Å². The highest BCUT2D eigenvalue weighted by Gasteiger charge is 2.32. The molecule has 0 aliphatic rings. The molecule has 0 spiro atoms. The van der Waals surface area contributed by atoms with Crippen molar-refractivity contribution in [2.45, 2.75) is 26.3 Å². The van der Waals surface area contributed by atoms with Crippen molar-refractivity contribution in [3.05, 3.63) is 29.8 Å². The van der Waals surface area contributed by atoms with E-state index in [0.29, 0.717) is 5.92 Å². The molecule has 100 valence electrons. The van der Waals surface area contributed by atoms with E-state index in [2.05, 4.69) is 19.2 Å². The highest BCUT2D eigenvalue weighted by Crippen LogP contribution is 2.23. The van der Waals surface area contributed by atoms with Gasteiger partial charge in [0, 0.05) is 0 Å². The second-order valence-electron chi connectivity index (χ2n) is 4.99. The fourth-order valence-electron chi connectivity index (χ4n) is 1.66. The summed E-state index contributed by atoms with van der Waals surface area (Å²) in [5, 5.41) is 3.23. The van der Waals surface area contributed by atoms with Crippen molar-refractivity contribution in [1.82, 2.24) is 5.32 Å². The number of ether oxygens (including phenoxy) is 1. The molecular weight excluding hydrogens is 228 g/mol. The number of carbonyl (C=O) groups excluding carboxylic acids is 1. The smallest absolute Gasteiger partial charge is 0.242 e. The third-order valence-corrected chi connectivity index (χ3v) is 3.02. The van der Waals surface area contributed by atoms with E-state index in [9.17, 15) is 4.79 Å². The monoisotopic (exact) mass is 250 g/mol. The fraction of sp³-hybridized carbons (Fsp3) is 0.500. The zero-order valence-electron chi connectivity index (χ0n) is 11.5. The van der Waals surface area contributed by atoms with Gasteiger partial charge in [0.05, 0.1) is 7.11 Å². The molecule has 1 atom stereocenters. The Hall–Kier alpha value is -1.55. The maximum atomic E-state index is 11.7. The molecule has 18 heavy (non-hydrogen) atoms. The lowest BCUT2D eigenvalue weighted by atomic mass is 9.90. The molecule has 0 aliphatic carbocycles. The zero-order chi connectivity index (χ0) is 13.8. The first-order valence-corrected chi connectivity index (χ1v) is 6.09. The van der Waals surface area contributed by atoms with E-state index in [-0.39, 0.29) is 5.91 Å². The quantitative estimate of drug-likeness (QED) is 0.806. The zero-order valence-corrected chi connectivity index (χ0v) is 11.5. The van der Waals surface area contributed by atoms with Crippen LogP contribution in [-0.2, 0) is 10.3 Å². The van der Waals surface area contributed by atoms with Gasteiger partial charge in [-0.2, -0.15) is 0 Å². The first-order valence-electron chi connectivity index (χ1n) is 6.09. The van der Waals surface area contributed by atoms with Gasteiger partial charge in [-0.15, -0.1) is 0 Å². The highest BCUT2D eigenvalue weighted by molar-refractivity contribution is 5.85. The summed E-state index contributed by atoms with van der Waals surface area (Å²) in [4.78, 5) is 11.7. The molecule has 0 saturated carbocycles. The van der Waals surface area contributed by atoms with Gasteiger partial charge in [-0.25, -0.2) is 0 Å². The Kier molecular flexibility index (Phi) is 4.73. The average Bonchev–Trinajstić information content (AvgIpc) is 2.35. The molecule has 4 nitrogen and oxygen atoms in total. The van der Waals surface area contributed by atoms with Crippen LogP contribution in [0.25, 0.3) is 0 Å². The third-order valence-electron chi connectivity index (χ3n) is 3.02. The fourth-order valence-corrected chi connectivity index (χ4v) is 1.66. The summed E-state index contributed by atoms with van der Waals surface area (Å²) >= 11 is 0. The number of hydrogen-bond acceptors (Lipinski definition) is 3. The number of rotatable bonds is 6.